The third-order valence-corrected chi connectivity index (χ3v) is 6.13. The maximum absolute atomic E-state index is 13.4. The van der Waals surface area contributed by atoms with Crippen LogP contribution in [0.1, 0.15) is 31.7 Å². The fourth-order valence-electron chi connectivity index (χ4n) is 4.03. The molecule has 0 radical (unpaired) electrons. The molecular formula is C30H33N3O6. The molecule has 0 aromatic heterocycles. The smallest absolute Gasteiger partial charge is 0.305 e. The molecule has 0 unspecified atom stereocenters. The molecule has 9 heteroatoms. The summed E-state index contributed by atoms with van der Waals surface area (Å²) in [6.07, 6.45) is 4.50. The van der Waals surface area contributed by atoms with E-state index < -0.39 is 0 Å². The second-order valence-electron chi connectivity index (χ2n) is 8.84. The third-order valence-electron chi connectivity index (χ3n) is 6.13. The quantitative estimate of drug-likeness (QED) is 0.172. The van der Waals surface area contributed by atoms with Crippen LogP contribution in [0.4, 0.5) is 17.1 Å². The molecule has 3 aromatic rings. The molecule has 1 aliphatic heterocycles. The average molecular weight is 532 g/mol. The normalized spacial score (nSPS) is 15.0. The van der Waals surface area contributed by atoms with Gasteiger partial charge in [-0.05, 0) is 54.5 Å². The fraction of sp³-hybridized carbons (Fsp3) is 0.267. The summed E-state index contributed by atoms with van der Waals surface area (Å²) in [7, 11) is 4.62. The minimum absolute atomic E-state index is 0.162. The minimum atomic E-state index is -0.261. The fourth-order valence-corrected chi connectivity index (χ4v) is 4.03. The van der Waals surface area contributed by atoms with Crippen LogP contribution >= 0.6 is 0 Å². The molecule has 0 aliphatic carbocycles. The monoisotopic (exact) mass is 531 g/mol. The summed E-state index contributed by atoms with van der Waals surface area (Å²) < 4.78 is 22.4. The number of amides is 1. The van der Waals surface area contributed by atoms with Crippen LogP contribution in [0.3, 0.4) is 0 Å². The zero-order valence-corrected chi connectivity index (χ0v) is 22.6. The third kappa shape index (κ3) is 6.62. The maximum Gasteiger partial charge on any atom is 0.305 e. The van der Waals surface area contributed by atoms with Crippen LogP contribution in [0.15, 0.2) is 71.4 Å². The number of anilines is 2. The molecule has 0 spiro atoms. The van der Waals surface area contributed by atoms with Gasteiger partial charge in [0.2, 0.25) is 0 Å². The van der Waals surface area contributed by atoms with Gasteiger partial charge in [-0.3, -0.25) is 9.69 Å². The van der Waals surface area contributed by atoms with E-state index in [1.165, 1.54) is 14.2 Å². The molecule has 9 nitrogen and oxygen atoms in total. The van der Waals surface area contributed by atoms with E-state index in [4.69, 9.17) is 18.9 Å². The SMILES string of the molecule is CCCCCN1C(=O)/C(=C\c2ccc(Nc3ccc(O)cc3)cc2)OC1=Nc1c(OC)cc(OC)cc1OC. The Morgan fingerprint density at radius 2 is 1.54 bits per heavy atom. The van der Waals surface area contributed by atoms with Gasteiger partial charge in [0, 0.05) is 30.1 Å². The van der Waals surface area contributed by atoms with Gasteiger partial charge in [0.25, 0.3) is 5.91 Å². The number of rotatable bonds is 11. The summed E-state index contributed by atoms with van der Waals surface area (Å²) in [6.45, 7) is 2.58. The van der Waals surface area contributed by atoms with Gasteiger partial charge in [-0.15, -0.1) is 0 Å². The number of aliphatic imine (C=N–C) groups is 1. The molecular weight excluding hydrogens is 498 g/mol. The summed E-state index contributed by atoms with van der Waals surface area (Å²) in [5, 5.41) is 12.7. The number of nitrogens with zero attached hydrogens (tertiary/aromatic N) is 2. The molecule has 204 valence electrons. The van der Waals surface area contributed by atoms with Crippen molar-refractivity contribution in [3.8, 4) is 23.0 Å². The van der Waals surface area contributed by atoms with E-state index in [9.17, 15) is 9.90 Å². The van der Waals surface area contributed by atoms with Crippen molar-refractivity contribution >= 4 is 35.1 Å². The lowest BCUT2D eigenvalue weighted by atomic mass is 10.1. The van der Waals surface area contributed by atoms with Gasteiger partial charge in [0.05, 0.1) is 21.3 Å². The van der Waals surface area contributed by atoms with E-state index in [1.807, 2.05) is 24.3 Å². The second-order valence-corrected chi connectivity index (χ2v) is 8.84. The number of methoxy groups -OCH3 is 3. The molecule has 1 saturated heterocycles. The number of aromatic hydroxyl groups is 1. The van der Waals surface area contributed by atoms with Gasteiger partial charge in [-0.25, -0.2) is 0 Å². The molecule has 1 aliphatic rings. The summed E-state index contributed by atoms with van der Waals surface area (Å²) in [5.41, 5.74) is 2.91. The molecule has 1 fully saturated rings. The van der Waals surface area contributed by atoms with Gasteiger partial charge in [-0.2, -0.15) is 4.99 Å². The highest BCUT2D eigenvalue weighted by atomic mass is 16.5. The largest absolute Gasteiger partial charge is 0.508 e. The lowest BCUT2D eigenvalue weighted by molar-refractivity contribution is -0.122. The number of phenolic OH excluding ortho intramolecular Hbond substituents is 1. The van der Waals surface area contributed by atoms with Crippen molar-refractivity contribution in [2.24, 2.45) is 4.99 Å². The van der Waals surface area contributed by atoms with Crippen molar-refractivity contribution in [2.75, 3.05) is 33.2 Å². The van der Waals surface area contributed by atoms with E-state index in [-0.39, 0.29) is 23.4 Å². The van der Waals surface area contributed by atoms with Crippen molar-refractivity contribution in [3.05, 3.63) is 72.0 Å². The number of hydrogen-bond donors (Lipinski definition) is 2. The zero-order valence-electron chi connectivity index (χ0n) is 22.6. The number of carbonyl (C=O) groups is 1. The minimum Gasteiger partial charge on any atom is -0.508 e. The molecule has 0 bridgehead atoms. The first kappa shape index (κ1) is 27.4. The average Bonchev–Trinajstić information content (AvgIpc) is 3.24. The van der Waals surface area contributed by atoms with E-state index in [2.05, 4.69) is 17.2 Å². The number of carbonyl (C=O) groups excluding carboxylic acids is 1. The predicted molar refractivity (Wildman–Crippen MR) is 151 cm³/mol. The van der Waals surface area contributed by atoms with Gasteiger partial charge in [0.15, 0.2) is 22.9 Å². The van der Waals surface area contributed by atoms with Crippen molar-refractivity contribution in [1.82, 2.24) is 4.90 Å². The van der Waals surface area contributed by atoms with Crippen LogP contribution in [-0.4, -0.2) is 49.8 Å². The van der Waals surface area contributed by atoms with Gasteiger partial charge in [-0.1, -0.05) is 31.9 Å². The summed E-state index contributed by atoms with van der Waals surface area (Å²) in [6, 6.07) is 18.0. The first-order valence-electron chi connectivity index (χ1n) is 12.7. The lowest BCUT2D eigenvalue weighted by Gasteiger charge is -2.15. The van der Waals surface area contributed by atoms with E-state index in [0.29, 0.717) is 29.5 Å². The van der Waals surface area contributed by atoms with Crippen LogP contribution < -0.4 is 19.5 Å². The molecule has 3 aromatic carbocycles. The lowest BCUT2D eigenvalue weighted by Crippen LogP contribution is -2.30. The van der Waals surface area contributed by atoms with Crippen LogP contribution in [0, 0.1) is 0 Å². The van der Waals surface area contributed by atoms with Crippen molar-refractivity contribution in [2.45, 2.75) is 26.2 Å². The second kappa shape index (κ2) is 12.7. The Morgan fingerprint density at radius 1 is 0.923 bits per heavy atom. The number of unbranched alkanes of at least 4 members (excludes halogenated alkanes) is 2. The Balaban J connectivity index is 1.62. The van der Waals surface area contributed by atoms with Gasteiger partial charge in [0.1, 0.15) is 11.5 Å². The Bertz CT molecular complexity index is 1330. The Morgan fingerprint density at radius 3 is 2.10 bits per heavy atom. The molecule has 4 rings (SSSR count). The topological polar surface area (TPSA) is 102 Å². The van der Waals surface area contributed by atoms with Gasteiger partial charge >= 0.3 is 6.02 Å². The van der Waals surface area contributed by atoms with Crippen LogP contribution in [-0.2, 0) is 9.53 Å². The number of phenols is 1. The van der Waals surface area contributed by atoms with Crippen LogP contribution in [0.25, 0.3) is 6.08 Å². The number of nitrogens with one attached hydrogen (secondary N) is 1. The standard InChI is InChI=1S/C30H33N3O6/c1-5-6-7-16-33-29(35)27(17-20-8-10-21(11-9-20)31-22-12-14-23(34)15-13-22)39-30(33)32-28-25(37-3)18-24(36-2)19-26(28)38-4/h8-15,17-19,31,34H,5-7,16H2,1-4H3/b27-17+,32-30?. The van der Waals surface area contributed by atoms with Crippen LogP contribution in [0.5, 0.6) is 23.0 Å². The Kier molecular flexibility index (Phi) is 8.94. The van der Waals surface area contributed by atoms with Gasteiger partial charge < -0.3 is 29.4 Å². The summed E-state index contributed by atoms with van der Waals surface area (Å²) >= 11 is 0. The number of hydrogen-bond acceptors (Lipinski definition) is 8. The number of ether oxygens (including phenoxy) is 4. The summed E-state index contributed by atoms with van der Waals surface area (Å²) in [5.74, 6) is 1.53. The molecule has 2 N–H and O–H groups in total. The highest BCUT2D eigenvalue weighted by molar-refractivity contribution is 6.12. The van der Waals surface area contributed by atoms with Crippen molar-refractivity contribution in [3.63, 3.8) is 0 Å². The molecule has 1 heterocycles. The van der Waals surface area contributed by atoms with E-state index in [1.54, 1.807) is 54.5 Å². The molecule has 1 amide bonds. The number of benzene rings is 3. The Hall–Kier alpha value is -4.66. The maximum atomic E-state index is 13.4. The van der Waals surface area contributed by atoms with E-state index >= 15 is 0 Å². The molecule has 0 saturated carbocycles. The molecule has 0 atom stereocenters. The van der Waals surface area contributed by atoms with E-state index in [0.717, 1.165) is 36.2 Å². The molecule has 39 heavy (non-hydrogen) atoms. The van der Waals surface area contributed by atoms with Crippen LogP contribution in [0.2, 0.25) is 0 Å². The first-order valence-corrected chi connectivity index (χ1v) is 12.7. The highest BCUT2D eigenvalue weighted by Gasteiger charge is 2.35. The predicted octanol–water partition coefficient (Wildman–Crippen LogP) is 6.24. The van der Waals surface area contributed by atoms with Crippen molar-refractivity contribution < 1.29 is 28.8 Å². The highest BCUT2D eigenvalue weighted by Crippen LogP contribution is 2.42. The summed E-state index contributed by atoms with van der Waals surface area (Å²) in [4.78, 5) is 19.6. The number of amidine groups is 1. The first-order chi connectivity index (χ1) is 18.9. The Labute approximate surface area is 228 Å². The zero-order chi connectivity index (χ0) is 27.8. The van der Waals surface area contributed by atoms with Crippen molar-refractivity contribution in [1.29, 1.82) is 0 Å².